The summed E-state index contributed by atoms with van der Waals surface area (Å²) in [6, 6.07) is 3.37. The number of carbonyl (C=O) groups excluding carboxylic acids is 1. The lowest BCUT2D eigenvalue weighted by Crippen LogP contribution is -2.23. The molecule has 8 heteroatoms. The highest BCUT2D eigenvalue weighted by Gasteiger charge is 2.09. The fourth-order valence-electron chi connectivity index (χ4n) is 1.39. The molecule has 0 aliphatic heterocycles. The second kappa shape index (κ2) is 7.39. The van der Waals surface area contributed by atoms with Crippen molar-refractivity contribution in [1.82, 2.24) is 5.32 Å². The van der Waals surface area contributed by atoms with Crippen molar-refractivity contribution in [3.05, 3.63) is 39.7 Å². The standard InChI is InChI=1S/C11H14FN3O4/c12-9-3-8(4-10(5-9)15(17)18)6-14-1-2-19-7-11(13)16/h3-5,14H,1-2,6-7H2,(H2,13,16). The van der Waals surface area contributed by atoms with Gasteiger partial charge in [-0.15, -0.1) is 0 Å². The average Bonchev–Trinajstić information content (AvgIpc) is 2.32. The molecule has 0 aliphatic rings. The first kappa shape index (κ1) is 15.0. The van der Waals surface area contributed by atoms with Gasteiger partial charge < -0.3 is 15.8 Å². The molecule has 0 heterocycles. The molecule has 0 saturated carbocycles. The van der Waals surface area contributed by atoms with Crippen molar-refractivity contribution >= 4 is 11.6 Å². The summed E-state index contributed by atoms with van der Waals surface area (Å²) in [5, 5.41) is 13.4. The van der Waals surface area contributed by atoms with Gasteiger partial charge in [-0.3, -0.25) is 14.9 Å². The third-order valence-corrected chi connectivity index (χ3v) is 2.15. The van der Waals surface area contributed by atoms with Crippen LogP contribution in [0, 0.1) is 15.9 Å². The summed E-state index contributed by atoms with van der Waals surface area (Å²) in [6.07, 6.45) is 0. The van der Waals surface area contributed by atoms with Crippen LogP contribution in [-0.2, 0) is 16.1 Å². The summed E-state index contributed by atoms with van der Waals surface area (Å²) < 4.78 is 18.0. The van der Waals surface area contributed by atoms with Crippen LogP contribution in [0.15, 0.2) is 18.2 Å². The Hall–Kier alpha value is -2.06. The molecule has 0 radical (unpaired) electrons. The number of nitrogens with one attached hydrogen (secondary N) is 1. The molecule has 3 N–H and O–H groups in total. The minimum Gasteiger partial charge on any atom is -0.370 e. The van der Waals surface area contributed by atoms with Gasteiger partial charge in [0.25, 0.3) is 5.69 Å². The molecule has 19 heavy (non-hydrogen) atoms. The molecule has 1 aromatic carbocycles. The van der Waals surface area contributed by atoms with Gasteiger partial charge in [-0.2, -0.15) is 0 Å². The highest BCUT2D eigenvalue weighted by Crippen LogP contribution is 2.15. The Morgan fingerprint density at radius 2 is 2.21 bits per heavy atom. The monoisotopic (exact) mass is 271 g/mol. The lowest BCUT2D eigenvalue weighted by atomic mass is 10.2. The van der Waals surface area contributed by atoms with E-state index in [4.69, 9.17) is 10.5 Å². The Kier molecular flexibility index (Phi) is 5.83. The number of carbonyl (C=O) groups is 1. The van der Waals surface area contributed by atoms with Crippen LogP contribution in [0.25, 0.3) is 0 Å². The molecule has 1 rings (SSSR count). The molecule has 1 aromatic rings. The number of rotatable bonds is 8. The summed E-state index contributed by atoms with van der Waals surface area (Å²) in [5.41, 5.74) is 5.04. The molecule has 1 amide bonds. The van der Waals surface area contributed by atoms with Crippen LogP contribution in [0.1, 0.15) is 5.56 Å². The van der Waals surface area contributed by atoms with E-state index in [0.717, 1.165) is 6.07 Å². The highest BCUT2D eigenvalue weighted by molar-refractivity contribution is 5.74. The number of nitro groups is 1. The highest BCUT2D eigenvalue weighted by atomic mass is 19.1. The van der Waals surface area contributed by atoms with E-state index in [9.17, 15) is 19.3 Å². The lowest BCUT2D eigenvalue weighted by molar-refractivity contribution is -0.385. The summed E-state index contributed by atoms with van der Waals surface area (Å²) in [5.74, 6) is -1.21. The zero-order valence-electron chi connectivity index (χ0n) is 10.1. The van der Waals surface area contributed by atoms with Gasteiger partial charge in [0.15, 0.2) is 0 Å². The third kappa shape index (κ3) is 5.89. The topological polar surface area (TPSA) is 107 Å². The van der Waals surface area contributed by atoms with Crippen LogP contribution in [-0.4, -0.2) is 30.6 Å². The van der Waals surface area contributed by atoms with Gasteiger partial charge in [-0.05, 0) is 11.6 Å². The van der Waals surface area contributed by atoms with Gasteiger partial charge in [0.2, 0.25) is 5.91 Å². The van der Waals surface area contributed by atoms with Crippen LogP contribution in [0.2, 0.25) is 0 Å². The van der Waals surface area contributed by atoms with Crippen molar-refractivity contribution in [2.45, 2.75) is 6.54 Å². The summed E-state index contributed by atoms with van der Waals surface area (Å²) in [4.78, 5) is 20.3. The maximum Gasteiger partial charge on any atom is 0.272 e. The van der Waals surface area contributed by atoms with Gasteiger partial charge in [-0.1, -0.05) is 0 Å². The zero-order valence-corrected chi connectivity index (χ0v) is 10.1. The van der Waals surface area contributed by atoms with Crippen LogP contribution in [0.4, 0.5) is 10.1 Å². The van der Waals surface area contributed by atoms with Crippen molar-refractivity contribution in [1.29, 1.82) is 0 Å². The Morgan fingerprint density at radius 3 is 2.84 bits per heavy atom. The number of benzene rings is 1. The van der Waals surface area contributed by atoms with E-state index in [-0.39, 0.29) is 25.4 Å². The van der Waals surface area contributed by atoms with Crippen molar-refractivity contribution in [3.63, 3.8) is 0 Å². The molecule has 0 aliphatic carbocycles. The summed E-state index contributed by atoms with van der Waals surface area (Å²) >= 11 is 0. The van der Waals surface area contributed by atoms with Gasteiger partial charge in [-0.25, -0.2) is 4.39 Å². The van der Waals surface area contributed by atoms with Gasteiger partial charge >= 0.3 is 0 Å². The lowest BCUT2D eigenvalue weighted by Gasteiger charge is -2.05. The minimum atomic E-state index is -0.657. The van der Waals surface area contributed by atoms with Crippen LogP contribution in [0.3, 0.4) is 0 Å². The number of hydrogen-bond acceptors (Lipinski definition) is 5. The van der Waals surface area contributed by atoms with Gasteiger partial charge in [0, 0.05) is 19.2 Å². The van der Waals surface area contributed by atoms with E-state index in [1.54, 1.807) is 0 Å². The fraction of sp³-hybridized carbons (Fsp3) is 0.364. The Bertz CT molecular complexity index is 467. The SMILES string of the molecule is NC(=O)COCCNCc1cc(F)cc([N+](=O)[O-])c1. The zero-order chi connectivity index (χ0) is 14.3. The number of halogens is 1. The number of ether oxygens (including phenoxy) is 1. The Labute approximate surface area is 108 Å². The van der Waals surface area contributed by atoms with Crippen molar-refractivity contribution in [2.24, 2.45) is 5.73 Å². The van der Waals surface area contributed by atoms with E-state index < -0.39 is 16.6 Å². The molecular weight excluding hydrogens is 257 g/mol. The van der Waals surface area contributed by atoms with Crippen molar-refractivity contribution in [2.75, 3.05) is 19.8 Å². The molecular formula is C11H14FN3O4. The average molecular weight is 271 g/mol. The number of nitro benzene ring substituents is 1. The second-order valence-corrected chi connectivity index (χ2v) is 3.77. The number of nitrogens with zero attached hydrogens (tertiary/aromatic N) is 1. The van der Waals surface area contributed by atoms with E-state index in [1.807, 2.05) is 0 Å². The first-order chi connectivity index (χ1) is 8.99. The first-order valence-electron chi connectivity index (χ1n) is 5.49. The molecule has 0 atom stereocenters. The smallest absolute Gasteiger partial charge is 0.272 e. The normalized spacial score (nSPS) is 10.4. The Morgan fingerprint density at radius 1 is 1.47 bits per heavy atom. The predicted octanol–water partition coefficient (Wildman–Crippen LogP) is 0.325. The van der Waals surface area contributed by atoms with Gasteiger partial charge in [0.1, 0.15) is 12.4 Å². The maximum atomic E-state index is 13.1. The molecule has 0 aromatic heterocycles. The van der Waals surface area contributed by atoms with E-state index >= 15 is 0 Å². The van der Waals surface area contributed by atoms with E-state index in [0.29, 0.717) is 12.1 Å². The molecule has 104 valence electrons. The number of primary amides is 1. The molecule has 0 saturated heterocycles. The van der Waals surface area contributed by atoms with Gasteiger partial charge in [0.05, 0.1) is 17.6 Å². The second-order valence-electron chi connectivity index (χ2n) is 3.77. The van der Waals surface area contributed by atoms with Crippen LogP contribution in [0.5, 0.6) is 0 Å². The van der Waals surface area contributed by atoms with Crippen molar-refractivity contribution in [3.8, 4) is 0 Å². The summed E-state index contributed by atoms with van der Waals surface area (Å²) in [6.45, 7) is 0.781. The Balaban J connectivity index is 2.37. The predicted molar refractivity (Wildman–Crippen MR) is 64.8 cm³/mol. The number of nitrogens with two attached hydrogens (primary N) is 1. The van der Waals surface area contributed by atoms with Crippen molar-refractivity contribution < 1.29 is 18.8 Å². The number of amides is 1. The largest absolute Gasteiger partial charge is 0.370 e. The number of hydrogen-bond donors (Lipinski definition) is 2. The molecule has 0 bridgehead atoms. The molecule has 0 fully saturated rings. The quantitative estimate of drug-likeness (QED) is 0.402. The van der Waals surface area contributed by atoms with E-state index in [2.05, 4.69) is 5.32 Å². The molecule has 0 unspecified atom stereocenters. The first-order valence-corrected chi connectivity index (χ1v) is 5.49. The van der Waals surface area contributed by atoms with E-state index in [1.165, 1.54) is 12.1 Å². The molecule has 0 spiro atoms. The van der Waals surface area contributed by atoms with Crippen LogP contribution < -0.4 is 11.1 Å². The fourth-order valence-corrected chi connectivity index (χ4v) is 1.39. The number of non-ortho nitro benzene ring substituents is 1. The molecule has 7 nitrogen and oxygen atoms in total. The third-order valence-electron chi connectivity index (χ3n) is 2.15. The van der Waals surface area contributed by atoms with Crippen LogP contribution >= 0.6 is 0 Å². The maximum absolute atomic E-state index is 13.1. The minimum absolute atomic E-state index is 0.160. The summed E-state index contributed by atoms with van der Waals surface area (Å²) in [7, 11) is 0.